The molecule has 0 amide bonds. The predicted molar refractivity (Wildman–Crippen MR) is 82.1 cm³/mol. The van der Waals surface area contributed by atoms with Crippen LogP contribution in [0.2, 0.25) is 0 Å². The van der Waals surface area contributed by atoms with Gasteiger partial charge < -0.3 is 0 Å². The molecule has 3 aromatic rings. The van der Waals surface area contributed by atoms with Gasteiger partial charge >= 0.3 is 0 Å². The second-order valence-corrected chi connectivity index (χ2v) is 5.66. The Hall–Kier alpha value is -2.20. The standard InChI is InChI=1S/C16H13N3S/c1-11-14(12-6-8-20-10-12)9-19(18-11)16-5-7-17-15-4-2-3-13(15)16/h2-3,5-10H,4H2,1H3. The van der Waals surface area contributed by atoms with Crippen molar-refractivity contribution in [3.05, 3.63) is 58.3 Å². The number of rotatable bonds is 2. The lowest BCUT2D eigenvalue weighted by Gasteiger charge is -2.06. The van der Waals surface area contributed by atoms with Crippen molar-refractivity contribution in [1.29, 1.82) is 0 Å². The minimum Gasteiger partial charge on any atom is -0.260 e. The monoisotopic (exact) mass is 279 g/mol. The molecule has 3 aromatic heterocycles. The Labute approximate surface area is 121 Å². The highest BCUT2D eigenvalue weighted by molar-refractivity contribution is 7.08. The first-order valence-corrected chi connectivity index (χ1v) is 7.51. The number of thiophene rings is 1. The van der Waals surface area contributed by atoms with Crippen LogP contribution >= 0.6 is 11.3 Å². The Morgan fingerprint density at radius 2 is 2.25 bits per heavy atom. The van der Waals surface area contributed by atoms with E-state index in [4.69, 9.17) is 0 Å². The minimum atomic E-state index is 0.917. The van der Waals surface area contributed by atoms with E-state index in [2.05, 4.69) is 52.2 Å². The van der Waals surface area contributed by atoms with Crippen LogP contribution < -0.4 is 0 Å². The molecule has 3 nitrogen and oxygen atoms in total. The molecule has 0 bridgehead atoms. The fourth-order valence-electron chi connectivity index (χ4n) is 2.62. The van der Waals surface area contributed by atoms with E-state index in [1.807, 2.05) is 16.9 Å². The van der Waals surface area contributed by atoms with Gasteiger partial charge in [0.05, 0.1) is 17.1 Å². The lowest BCUT2D eigenvalue weighted by Crippen LogP contribution is -2.00. The van der Waals surface area contributed by atoms with Crippen LogP contribution in [0, 0.1) is 6.92 Å². The van der Waals surface area contributed by atoms with Gasteiger partial charge in [0.25, 0.3) is 0 Å². The number of aromatic nitrogens is 3. The Morgan fingerprint density at radius 1 is 1.30 bits per heavy atom. The van der Waals surface area contributed by atoms with Crippen molar-refractivity contribution < 1.29 is 0 Å². The average Bonchev–Trinajstić information content (AvgIpc) is 3.17. The summed E-state index contributed by atoms with van der Waals surface area (Å²) in [4.78, 5) is 4.42. The van der Waals surface area contributed by atoms with E-state index in [0.29, 0.717) is 0 Å². The average molecular weight is 279 g/mol. The lowest BCUT2D eigenvalue weighted by molar-refractivity contribution is 0.855. The second kappa shape index (κ2) is 4.42. The smallest absolute Gasteiger partial charge is 0.0751 e. The molecule has 0 atom stereocenters. The molecule has 20 heavy (non-hydrogen) atoms. The van der Waals surface area contributed by atoms with Crippen molar-refractivity contribution in [2.24, 2.45) is 0 Å². The van der Waals surface area contributed by atoms with Gasteiger partial charge in [-0.2, -0.15) is 16.4 Å². The third-order valence-electron chi connectivity index (χ3n) is 3.62. The summed E-state index contributed by atoms with van der Waals surface area (Å²) in [6.45, 7) is 2.06. The van der Waals surface area contributed by atoms with E-state index in [0.717, 1.165) is 23.5 Å². The molecule has 0 saturated carbocycles. The zero-order valence-electron chi connectivity index (χ0n) is 11.1. The van der Waals surface area contributed by atoms with Gasteiger partial charge in [-0.05, 0) is 35.4 Å². The van der Waals surface area contributed by atoms with Crippen molar-refractivity contribution >= 4 is 17.4 Å². The highest BCUT2D eigenvalue weighted by atomic mass is 32.1. The van der Waals surface area contributed by atoms with Gasteiger partial charge in [-0.25, -0.2) is 4.68 Å². The maximum atomic E-state index is 4.67. The number of pyridine rings is 1. The molecule has 0 aliphatic heterocycles. The van der Waals surface area contributed by atoms with E-state index in [1.165, 1.54) is 16.7 Å². The molecular weight excluding hydrogens is 266 g/mol. The summed E-state index contributed by atoms with van der Waals surface area (Å²) in [5, 5.41) is 8.93. The summed E-state index contributed by atoms with van der Waals surface area (Å²) in [7, 11) is 0. The van der Waals surface area contributed by atoms with E-state index in [-0.39, 0.29) is 0 Å². The fourth-order valence-corrected chi connectivity index (χ4v) is 3.28. The molecule has 1 aliphatic rings. The van der Waals surface area contributed by atoms with Gasteiger partial charge in [0, 0.05) is 29.9 Å². The Balaban J connectivity index is 1.87. The zero-order chi connectivity index (χ0) is 13.5. The van der Waals surface area contributed by atoms with Crippen LogP contribution in [0.25, 0.3) is 22.9 Å². The Morgan fingerprint density at radius 3 is 3.10 bits per heavy atom. The maximum Gasteiger partial charge on any atom is 0.0751 e. The number of fused-ring (bicyclic) bond motifs is 1. The van der Waals surface area contributed by atoms with Gasteiger partial charge in [0.2, 0.25) is 0 Å². The summed E-state index contributed by atoms with van der Waals surface area (Å²) in [5.74, 6) is 0. The largest absolute Gasteiger partial charge is 0.260 e. The molecule has 0 unspecified atom stereocenters. The van der Waals surface area contributed by atoms with Crippen LogP contribution in [-0.4, -0.2) is 14.8 Å². The third kappa shape index (κ3) is 1.72. The molecule has 0 aromatic carbocycles. The molecule has 0 fully saturated rings. The second-order valence-electron chi connectivity index (χ2n) is 4.88. The number of allylic oxidation sites excluding steroid dienone is 1. The number of aryl methyl sites for hydroxylation is 1. The van der Waals surface area contributed by atoms with Crippen LogP contribution in [0.4, 0.5) is 0 Å². The summed E-state index contributed by atoms with van der Waals surface area (Å²) in [6.07, 6.45) is 9.18. The number of nitrogens with zero attached hydrogens (tertiary/aromatic N) is 3. The van der Waals surface area contributed by atoms with Crippen molar-refractivity contribution in [3.63, 3.8) is 0 Å². The van der Waals surface area contributed by atoms with E-state index >= 15 is 0 Å². The molecule has 3 heterocycles. The van der Waals surface area contributed by atoms with E-state index in [1.54, 1.807) is 11.3 Å². The normalized spacial score (nSPS) is 12.8. The third-order valence-corrected chi connectivity index (χ3v) is 4.31. The molecule has 1 aliphatic carbocycles. The molecule has 0 saturated heterocycles. The number of hydrogen-bond acceptors (Lipinski definition) is 3. The molecule has 0 spiro atoms. The Kier molecular flexibility index (Phi) is 2.57. The number of hydrogen-bond donors (Lipinski definition) is 0. The molecule has 4 rings (SSSR count). The Bertz CT molecular complexity index is 797. The van der Waals surface area contributed by atoms with Crippen molar-refractivity contribution in [1.82, 2.24) is 14.8 Å². The van der Waals surface area contributed by atoms with Crippen LogP contribution in [0.15, 0.2) is 41.4 Å². The molecule has 4 heteroatoms. The maximum absolute atomic E-state index is 4.67. The lowest BCUT2D eigenvalue weighted by atomic mass is 10.1. The minimum absolute atomic E-state index is 0.917. The zero-order valence-corrected chi connectivity index (χ0v) is 11.9. The van der Waals surface area contributed by atoms with Crippen LogP contribution in [-0.2, 0) is 6.42 Å². The van der Waals surface area contributed by atoms with E-state index in [9.17, 15) is 0 Å². The summed E-state index contributed by atoms with van der Waals surface area (Å²) < 4.78 is 1.97. The van der Waals surface area contributed by atoms with Crippen molar-refractivity contribution in [2.45, 2.75) is 13.3 Å². The van der Waals surface area contributed by atoms with Crippen molar-refractivity contribution in [2.75, 3.05) is 0 Å². The van der Waals surface area contributed by atoms with Gasteiger partial charge in [-0.3, -0.25) is 4.98 Å². The first kappa shape index (κ1) is 11.6. The van der Waals surface area contributed by atoms with Gasteiger partial charge in [0.1, 0.15) is 0 Å². The van der Waals surface area contributed by atoms with Gasteiger partial charge in [0.15, 0.2) is 0 Å². The molecule has 0 N–H and O–H groups in total. The molecular formula is C16H13N3S. The first-order chi connectivity index (χ1) is 9.83. The summed E-state index contributed by atoms with van der Waals surface area (Å²) >= 11 is 1.71. The van der Waals surface area contributed by atoms with Crippen LogP contribution in [0.3, 0.4) is 0 Å². The van der Waals surface area contributed by atoms with Crippen LogP contribution in [0.5, 0.6) is 0 Å². The highest BCUT2D eigenvalue weighted by Crippen LogP contribution is 2.29. The topological polar surface area (TPSA) is 30.7 Å². The fraction of sp³-hybridized carbons (Fsp3) is 0.125. The molecule has 98 valence electrons. The van der Waals surface area contributed by atoms with Gasteiger partial charge in [-0.15, -0.1) is 0 Å². The quantitative estimate of drug-likeness (QED) is 0.713. The van der Waals surface area contributed by atoms with Gasteiger partial charge in [-0.1, -0.05) is 12.2 Å². The van der Waals surface area contributed by atoms with Crippen LogP contribution in [0.1, 0.15) is 17.0 Å². The summed E-state index contributed by atoms with van der Waals surface area (Å²) in [6, 6.07) is 4.16. The predicted octanol–water partition coefficient (Wildman–Crippen LogP) is 3.87. The highest BCUT2D eigenvalue weighted by Gasteiger charge is 2.15. The summed E-state index contributed by atoms with van der Waals surface area (Å²) in [5.41, 5.74) is 6.91. The van der Waals surface area contributed by atoms with E-state index < -0.39 is 0 Å². The first-order valence-electron chi connectivity index (χ1n) is 6.56. The SMILES string of the molecule is Cc1nn(-c2ccnc3c2C=CC3)cc1-c1ccsc1. The molecule has 0 radical (unpaired) electrons. The van der Waals surface area contributed by atoms with Crippen molar-refractivity contribution in [3.8, 4) is 16.8 Å².